The summed E-state index contributed by atoms with van der Waals surface area (Å²) in [5.41, 5.74) is 0. The predicted octanol–water partition coefficient (Wildman–Crippen LogP) is 0.499. The van der Waals surface area contributed by atoms with Crippen molar-refractivity contribution in [1.82, 2.24) is 4.31 Å². The van der Waals surface area contributed by atoms with Crippen LogP contribution in [0.25, 0.3) is 0 Å². The average molecular weight is 333 g/mol. The number of methoxy groups -OCH3 is 1. The topological polar surface area (TPSA) is 86.7 Å². The minimum atomic E-state index is -3.77. The van der Waals surface area contributed by atoms with Crippen LogP contribution in [0, 0.1) is 5.92 Å². The molecule has 1 aliphatic heterocycles. The predicted molar refractivity (Wildman–Crippen MR) is 74.5 cm³/mol. The number of benzene rings is 1. The molecule has 6 nitrogen and oxygen atoms in total. The van der Waals surface area contributed by atoms with Gasteiger partial charge >= 0.3 is 0 Å². The fraction of sp³-hybridized carbons (Fsp3) is 0.462. The van der Waals surface area contributed by atoms with Crippen molar-refractivity contribution in [3.05, 3.63) is 23.2 Å². The van der Waals surface area contributed by atoms with Crippen LogP contribution in [0.15, 0.2) is 23.1 Å². The van der Waals surface area contributed by atoms with E-state index in [1.807, 2.05) is 0 Å². The number of rotatable bonds is 4. The average Bonchev–Trinajstić information content (AvgIpc) is 2.47. The lowest BCUT2D eigenvalue weighted by molar-refractivity contribution is -0.312. The number of carbonyl (C=O) groups excluding carboxylic acids is 1. The van der Waals surface area contributed by atoms with Crippen LogP contribution in [0.2, 0.25) is 5.02 Å². The van der Waals surface area contributed by atoms with Crippen molar-refractivity contribution in [1.29, 1.82) is 0 Å². The number of nitrogens with zero attached hydrogens (tertiary/aromatic N) is 1. The maximum atomic E-state index is 12.5. The van der Waals surface area contributed by atoms with Crippen LogP contribution in [0.4, 0.5) is 0 Å². The van der Waals surface area contributed by atoms with Gasteiger partial charge in [-0.15, -0.1) is 0 Å². The Morgan fingerprint density at radius 1 is 1.48 bits per heavy atom. The van der Waals surface area contributed by atoms with Crippen molar-refractivity contribution in [2.45, 2.75) is 17.7 Å². The van der Waals surface area contributed by atoms with E-state index in [1.165, 1.54) is 25.3 Å². The van der Waals surface area contributed by atoms with Gasteiger partial charge in [-0.25, -0.2) is 8.42 Å². The summed E-state index contributed by atoms with van der Waals surface area (Å²) in [5, 5.41) is 11.1. The number of halogens is 1. The summed E-state index contributed by atoms with van der Waals surface area (Å²) in [4.78, 5) is 11.0. The van der Waals surface area contributed by atoms with Crippen molar-refractivity contribution in [2.24, 2.45) is 5.92 Å². The fourth-order valence-electron chi connectivity index (χ4n) is 2.31. The van der Waals surface area contributed by atoms with Gasteiger partial charge in [0.25, 0.3) is 0 Å². The zero-order valence-corrected chi connectivity index (χ0v) is 13.0. The van der Waals surface area contributed by atoms with Crippen LogP contribution in [0.3, 0.4) is 0 Å². The Labute approximate surface area is 128 Å². The number of piperidine rings is 1. The molecule has 0 spiro atoms. The van der Waals surface area contributed by atoms with Crippen LogP contribution in [-0.4, -0.2) is 38.9 Å². The molecule has 1 aliphatic rings. The Balaban J connectivity index is 2.29. The number of hydrogen-bond donors (Lipinski definition) is 0. The van der Waals surface area contributed by atoms with Gasteiger partial charge in [0.15, 0.2) is 0 Å². The van der Waals surface area contributed by atoms with Crippen LogP contribution >= 0.6 is 11.6 Å². The summed E-state index contributed by atoms with van der Waals surface area (Å²) >= 11 is 5.94. The highest BCUT2D eigenvalue weighted by Crippen LogP contribution is 2.30. The van der Waals surface area contributed by atoms with Gasteiger partial charge in [0.05, 0.1) is 17.0 Å². The summed E-state index contributed by atoms with van der Waals surface area (Å²) in [7, 11) is -2.34. The normalized spacial score (nSPS) is 20.2. The molecule has 1 heterocycles. The molecule has 2 rings (SSSR count). The Hall–Kier alpha value is -1.31. The molecule has 0 amide bonds. The number of hydrogen-bond acceptors (Lipinski definition) is 5. The van der Waals surface area contributed by atoms with E-state index >= 15 is 0 Å². The first-order valence-corrected chi connectivity index (χ1v) is 8.22. The second-order valence-electron chi connectivity index (χ2n) is 4.82. The lowest BCUT2D eigenvalue weighted by Gasteiger charge is -2.32. The first-order valence-electron chi connectivity index (χ1n) is 6.41. The third-order valence-electron chi connectivity index (χ3n) is 3.48. The highest BCUT2D eigenvalue weighted by molar-refractivity contribution is 7.89. The number of carboxylic acid groups (broad SMARTS) is 1. The molecule has 1 aromatic carbocycles. The summed E-state index contributed by atoms with van der Waals surface area (Å²) in [6, 6.07) is 4.16. The first kappa shape index (κ1) is 16.1. The Morgan fingerprint density at radius 3 is 2.76 bits per heavy atom. The second-order valence-corrected chi connectivity index (χ2v) is 7.16. The third-order valence-corrected chi connectivity index (χ3v) is 5.63. The quantitative estimate of drug-likeness (QED) is 0.801. The monoisotopic (exact) mass is 332 g/mol. The van der Waals surface area contributed by atoms with Crippen molar-refractivity contribution in [3.63, 3.8) is 0 Å². The van der Waals surface area contributed by atoms with Gasteiger partial charge in [-0.2, -0.15) is 4.31 Å². The van der Waals surface area contributed by atoms with E-state index in [1.54, 1.807) is 0 Å². The summed E-state index contributed by atoms with van der Waals surface area (Å²) in [5.74, 6) is -1.62. The van der Waals surface area contributed by atoms with Crippen LogP contribution < -0.4 is 9.84 Å². The molecule has 116 valence electrons. The van der Waals surface area contributed by atoms with Crippen molar-refractivity contribution in [3.8, 4) is 5.75 Å². The molecule has 0 radical (unpaired) electrons. The minimum absolute atomic E-state index is 0.0206. The molecule has 0 aliphatic carbocycles. The first-order chi connectivity index (χ1) is 9.86. The Bertz CT molecular complexity index is 646. The molecular formula is C13H15ClNO5S-. The molecule has 0 aromatic heterocycles. The number of carboxylic acids is 1. The number of sulfonamides is 1. The van der Waals surface area contributed by atoms with Crippen LogP contribution in [0.5, 0.6) is 5.75 Å². The number of carbonyl (C=O) groups is 1. The number of aliphatic carboxylic acids is 1. The van der Waals surface area contributed by atoms with Crippen molar-refractivity contribution >= 4 is 27.6 Å². The molecule has 0 bridgehead atoms. The van der Waals surface area contributed by atoms with E-state index in [0.717, 1.165) is 4.31 Å². The Kier molecular flexibility index (Phi) is 4.75. The third kappa shape index (κ3) is 3.30. The maximum absolute atomic E-state index is 12.5. The highest BCUT2D eigenvalue weighted by Gasteiger charge is 2.31. The lowest BCUT2D eigenvalue weighted by Crippen LogP contribution is -2.46. The van der Waals surface area contributed by atoms with Gasteiger partial charge in [-0.3, -0.25) is 0 Å². The zero-order valence-electron chi connectivity index (χ0n) is 11.4. The standard InChI is InChI=1S/C13H16ClNO5S/c1-20-12-5-4-10(7-11(12)14)21(18,19)15-6-2-3-9(8-15)13(16)17/h4-5,7,9H,2-3,6,8H2,1H3,(H,16,17)/p-1/t9-/m1/s1. The Morgan fingerprint density at radius 2 is 2.19 bits per heavy atom. The van der Waals surface area contributed by atoms with E-state index in [-0.39, 0.29) is 23.0 Å². The molecule has 1 atom stereocenters. The maximum Gasteiger partial charge on any atom is 0.243 e. The molecule has 1 fully saturated rings. The van der Waals surface area contributed by atoms with Gasteiger partial charge in [0, 0.05) is 25.0 Å². The van der Waals surface area contributed by atoms with Crippen molar-refractivity contribution < 1.29 is 23.1 Å². The van der Waals surface area contributed by atoms with Gasteiger partial charge < -0.3 is 14.6 Å². The lowest BCUT2D eigenvalue weighted by atomic mass is 10.0. The molecule has 0 N–H and O–H groups in total. The van der Waals surface area contributed by atoms with Gasteiger partial charge in [-0.05, 0) is 31.0 Å². The number of ether oxygens (including phenoxy) is 1. The molecule has 1 aromatic rings. The molecule has 21 heavy (non-hydrogen) atoms. The fourth-order valence-corrected chi connectivity index (χ4v) is 4.18. The van der Waals surface area contributed by atoms with Crippen LogP contribution in [0.1, 0.15) is 12.8 Å². The van der Waals surface area contributed by atoms with Gasteiger partial charge in [0.1, 0.15) is 5.75 Å². The SMILES string of the molecule is COc1ccc(S(=O)(=O)N2CCC[C@@H](C(=O)[O-])C2)cc1Cl. The zero-order chi connectivity index (χ0) is 15.6. The minimum Gasteiger partial charge on any atom is -0.550 e. The molecule has 0 saturated carbocycles. The van der Waals surface area contributed by atoms with E-state index in [2.05, 4.69) is 0 Å². The second kappa shape index (κ2) is 6.21. The van der Waals surface area contributed by atoms with E-state index in [9.17, 15) is 18.3 Å². The van der Waals surface area contributed by atoms with Gasteiger partial charge in [0.2, 0.25) is 10.0 Å². The van der Waals surface area contributed by atoms with E-state index in [0.29, 0.717) is 18.6 Å². The molecule has 1 saturated heterocycles. The molecular weight excluding hydrogens is 318 g/mol. The summed E-state index contributed by atoms with van der Waals surface area (Å²) < 4.78 is 31.2. The van der Waals surface area contributed by atoms with Crippen molar-refractivity contribution in [2.75, 3.05) is 20.2 Å². The largest absolute Gasteiger partial charge is 0.550 e. The highest BCUT2D eigenvalue weighted by atomic mass is 35.5. The molecule has 0 unspecified atom stereocenters. The van der Waals surface area contributed by atoms with Gasteiger partial charge in [-0.1, -0.05) is 11.6 Å². The molecule has 8 heteroatoms. The smallest absolute Gasteiger partial charge is 0.243 e. The summed E-state index contributed by atoms with van der Waals surface area (Å²) in [6.07, 6.45) is 0.916. The van der Waals surface area contributed by atoms with Crippen LogP contribution in [-0.2, 0) is 14.8 Å². The van der Waals surface area contributed by atoms with E-state index in [4.69, 9.17) is 16.3 Å². The van der Waals surface area contributed by atoms with E-state index < -0.39 is 21.9 Å². The summed E-state index contributed by atoms with van der Waals surface area (Å²) in [6.45, 7) is 0.212.